The van der Waals surface area contributed by atoms with Gasteiger partial charge in [0.25, 0.3) is 5.91 Å². The highest BCUT2D eigenvalue weighted by Gasteiger charge is 2.49. The lowest BCUT2D eigenvalue weighted by Gasteiger charge is -2.45. The van der Waals surface area contributed by atoms with Gasteiger partial charge >= 0.3 is 0 Å². The number of anilines is 1. The normalized spacial score (nSPS) is 20.7. The Bertz CT molecular complexity index is 1130. The monoisotopic (exact) mass is 498 g/mol. The lowest BCUT2D eigenvalue weighted by atomic mass is 9.93. The number of methoxy groups -OCH3 is 2. The number of nitrogens with zero attached hydrogens (tertiary/aromatic N) is 2. The summed E-state index contributed by atoms with van der Waals surface area (Å²) in [5, 5.41) is 6.85. The molecular weight excluding hydrogens is 460 g/mol. The second-order valence-corrected chi connectivity index (χ2v) is 10.1. The number of carbonyl (C=O) groups excluding carboxylic acids is 3. The first kappa shape index (κ1) is 26.0. The number of nitrogens with one attached hydrogen (secondary N) is 2. The summed E-state index contributed by atoms with van der Waals surface area (Å²) >= 11 is 0. The third-order valence-corrected chi connectivity index (χ3v) is 7.49. The molecule has 3 amide bonds. The number of ether oxygens (including phenoxy) is 2. The Morgan fingerprint density at radius 3 is 2.50 bits per heavy atom. The lowest BCUT2D eigenvalue weighted by molar-refractivity contribution is -0.133. The number of aromatic nitrogens is 1. The summed E-state index contributed by atoms with van der Waals surface area (Å²) in [6, 6.07) is 5.64. The number of hydrogen-bond acceptors (Lipinski definition) is 5. The van der Waals surface area contributed by atoms with Crippen LogP contribution in [0.15, 0.2) is 18.2 Å². The first-order chi connectivity index (χ1) is 17.3. The van der Waals surface area contributed by atoms with Crippen LogP contribution in [0.2, 0.25) is 0 Å². The maximum atomic E-state index is 14.1. The van der Waals surface area contributed by atoms with Gasteiger partial charge in [-0.3, -0.25) is 14.4 Å². The van der Waals surface area contributed by atoms with Gasteiger partial charge in [-0.1, -0.05) is 25.7 Å². The molecule has 0 spiro atoms. The van der Waals surface area contributed by atoms with Crippen molar-refractivity contribution in [2.24, 2.45) is 0 Å². The van der Waals surface area contributed by atoms with E-state index >= 15 is 0 Å². The molecule has 2 aromatic rings. The van der Waals surface area contributed by atoms with Gasteiger partial charge in [-0.05, 0) is 44.4 Å². The van der Waals surface area contributed by atoms with Crippen LogP contribution in [0.5, 0.6) is 5.75 Å². The average molecular weight is 499 g/mol. The number of hydrogen-bond donors (Lipinski definition) is 2. The first-order valence-electron chi connectivity index (χ1n) is 12.9. The van der Waals surface area contributed by atoms with Crippen LogP contribution in [-0.2, 0) is 20.9 Å². The summed E-state index contributed by atoms with van der Waals surface area (Å²) < 4.78 is 12.5. The average Bonchev–Trinajstić information content (AvgIpc) is 2.99. The van der Waals surface area contributed by atoms with Gasteiger partial charge in [-0.2, -0.15) is 0 Å². The van der Waals surface area contributed by atoms with Gasteiger partial charge in [-0.15, -0.1) is 0 Å². The van der Waals surface area contributed by atoms with Gasteiger partial charge in [-0.25, -0.2) is 0 Å². The number of rotatable bonds is 8. The van der Waals surface area contributed by atoms with Gasteiger partial charge in [0.2, 0.25) is 11.8 Å². The molecule has 9 heteroatoms. The van der Waals surface area contributed by atoms with Crippen molar-refractivity contribution in [3.8, 4) is 5.75 Å². The van der Waals surface area contributed by atoms with Crippen LogP contribution in [-0.4, -0.2) is 66.1 Å². The molecule has 0 saturated heterocycles. The molecule has 0 bridgehead atoms. The van der Waals surface area contributed by atoms with Crippen molar-refractivity contribution in [2.75, 3.05) is 32.7 Å². The molecule has 1 fully saturated rings. The summed E-state index contributed by atoms with van der Waals surface area (Å²) in [5.74, 6) is -0.0707. The zero-order valence-corrected chi connectivity index (χ0v) is 21.8. The maximum absolute atomic E-state index is 14.1. The molecule has 1 aromatic heterocycles. The molecule has 1 aliphatic heterocycles. The highest BCUT2D eigenvalue weighted by Crippen LogP contribution is 2.40. The maximum Gasteiger partial charge on any atom is 0.273 e. The molecule has 1 unspecified atom stereocenters. The Labute approximate surface area is 212 Å². The smallest absolute Gasteiger partial charge is 0.273 e. The number of fused-ring (bicyclic) bond motifs is 3. The summed E-state index contributed by atoms with van der Waals surface area (Å²) in [7, 11) is 3.20. The minimum Gasteiger partial charge on any atom is -0.497 e. The quantitative estimate of drug-likeness (QED) is 0.427. The highest BCUT2D eigenvalue weighted by molar-refractivity contribution is 6.14. The molecule has 0 radical (unpaired) electrons. The Morgan fingerprint density at radius 1 is 1.14 bits per heavy atom. The summed E-state index contributed by atoms with van der Waals surface area (Å²) in [5.41, 5.74) is 0.506. The molecule has 2 aliphatic rings. The highest BCUT2D eigenvalue weighted by atomic mass is 16.5. The molecule has 1 saturated carbocycles. The fraction of sp³-hybridized carbons (Fsp3) is 0.593. The van der Waals surface area contributed by atoms with Crippen LogP contribution >= 0.6 is 0 Å². The molecular formula is C27H38N4O5. The lowest BCUT2D eigenvalue weighted by Crippen LogP contribution is -2.65. The molecule has 1 aromatic carbocycles. The van der Waals surface area contributed by atoms with E-state index in [1.807, 2.05) is 29.7 Å². The molecule has 36 heavy (non-hydrogen) atoms. The Hall–Kier alpha value is -3.07. The summed E-state index contributed by atoms with van der Waals surface area (Å²) in [6.45, 7) is 4.39. The zero-order valence-electron chi connectivity index (χ0n) is 21.8. The van der Waals surface area contributed by atoms with E-state index in [1.54, 1.807) is 19.1 Å². The summed E-state index contributed by atoms with van der Waals surface area (Å²) in [6.07, 6.45) is 7.11. The molecule has 196 valence electrons. The van der Waals surface area contributed by atoms with Crippen LogP contribution in [0.25, 0.3) is 10.9 Å². The van der Waals surface area contributed by atoms with E-state index in [0.29, 0.717) is 42.1 Å². The van der Waals surface area contributed by atoms with Gasteiger partial charge in [0.15, 0.2) is 0 Å². The van der Waals surface area contributed by atoms with Crippen molar-refractivity contribution in [3.63, 3.8) is 0 Å². The Balaban J connectivity index is 1.79. The predicted molar refractivity (Wildman–Crippen MR) is 138 cm³/mol. The minimum atomic E-state index is -1.09. The molecule has 1 atom stereocenters. The van der Waals surface area contributed by atoms with E-state index < -0.39 is 5.54 Å². The fourth-order valence-corrected chi connectivity index (χ4v) is 5.57. The van der Waals surface area contributed by atoms with Gasteiger partial charge < -0.3 is 29.6 Å². The van der Waals surface area contributed by atoms with Crippen LogP contribution in [0.1, 0.15) is 69.3 Å². The predicted octanol–water partition coefficient (Wildman–Crippen LogP) is 3.70. The number of benzene rings is 1. The molecule has 4 rings (SSSR count). The molecule has 2 N–H and O–H groups in total. The molecule has 9 nitrogen and oxygen atoms in total. The van der Waals surface area contributed by atoms with E-state index in [1.165, 1.54) is 19.8 Å². The van der Waals surface area contributed by atoms with Crippen LogP contribution in [0.3, 0.4) is 0 Å². The Morgan fingerprint density at radius 2 is 1.86 bits per heavy atom. The van der Waals surface area contributed by atoms with Crippen LogP contribution < -0.4 is 15.4 Å². The van der Waals surface area contributed by atoms with Gasteiger partial charge in [0, 0.05) is 38.6 Å². The van der Waals surface area contributed by atoms with Crippen molar-refractivity contribution >= 4 is 34.3 Å². The van der Waals surface area contributed by atoms with Crippen molar-refractivity contribution in [2.45, 2.75) is 76.9 Å². The van der Waals surface area contributed by atoms with E-state index in [2.05, 4.69) is 10.6 Å². The number of carbonyl (C=O) groups is 3. The van der Waals surface area contributed by atoms with Crippen molar-refractivity contribution in [3.05, 3.63) is 23.9 Å². The minimum absolute atomic E-state index is 0.120. The second kappa shape index (κ2) is 10.9. The van der Waals surface area contributed by atoms with Crippen molar-refractivity contribution in [1.29, 1.82) is 0 Å². The largest absolute Gasteiger partial charge is 0.497 e. The van der Waals surface area contributed by atoms with Crippen LogP contribution in [0, 0.1) is 0 Å². The van der Waals surface area contributed by atoms with Crippen LogP contribution in [0.4, 0.5) is 5.69 Å². The third kappa shape index (κ3) is 4.93. The topological polar surface area (TPSA) is 102 Å². The molecule has 2 heterocycles. The van der Waals surface area contributed by atoms with E-state index in [4.69, 9.17) is 9.47 Å². The van der Waals surface area contributed by atoms with Crippen molar-refractivity contribution < 1.29 is 23.9 Å². The second-order valence-electron chi connectivity index (χ2n) is 10.1. The van der Waals surface area contributed by atoms with E-state index in [-0.39, 0.29) is 30.3 Å². The SMILES string of the molecule is COCCCN1C(=O)c2c(NC(C)=O)c3cc(OC)ccc3n2CC1(C)C(=O)NC1CCCCCC1. The van der Waals surface area contributed by atoms with E-state index in [9.17, 15) is 14.4 Å². The Kier molecular flexibility index (Phi) is 7.88. The summed E-state index contributed by atoms with van der Waals surface area (Å²) in [4.78, 5) is 41.8. The zero-order chi connectivity index (χ0) is 25.9. The first-order valence-corrected chi connectivity index (χ1v) is 12.9. The van der Waals surface area contributed by atoms with Gasteiger partial charge in [0.05, 0.1) is 24.9 Å². The standard InChI is InChI=1S/C27H38N4O5/c1-18(32)28-23-21-16-20(36-4)12-13-22(21)30-17-27(2,26(34)29-19-10-7-5-6-8-11-19)31(14-9-15-35-3)25(33)24(23)30/h12-13,16,19H,5-11,14-15,17H2,1-4H3,(H,28,32)(H,29,34). The van der Waals surface area contributed by atoms with E-state index in [0.717, 1.165) is 31.2 Å². The fourth-order valence-electron chi connectivity index (χ4n) is 5.57. The molecule has 1 aliphatic carbocycles. The van der Waals surface area contributed by atoms with Crippen molar-refractivity contribution in [1.82, 2.24) is 14.8 Å². The van der Waals surface area contributed by atoms with Gasteiger partial charge in [0.1, 0.15) is 17.0 Å². The number of amides is 3. The third-order valence-electron chi connectivity index (χ3n) is 7.49.